The maximum Gasteiger partial charge on any atom is 0.227 e. The first-order valence-electron chi connectivity index (χ1n) is 6.57. The second-order valence-corrected chi connectivity index (χ2v) is 5.54. The largest absolute Gasteiger partial charge is 0.349 e. The summed E-state index contributed by atoms with van der Waals surface area (Å²) in [6.45, 7) is 6.65. The fourth-order valence-corrected chi connectivity index (χ4v) is 2.41. The van der Waals surface area contributed by atoms with E-state index in [1.165, 1.54) is 16.7 Å². The third-order valence-electron chi connectivity index (χ3n) is 3.97. The molecule has 1 aromatic carbocycles. The van der Waals surface area contributed by atoms with Gasteiger partial charge in [0, 0.05) is 6.54 Å². The normalized spacial score (nSPS) is 18.2. The number of nitrogens with one attached hydrogen (secondary N) is 1. The van der Waals surface area contributed by atoms with E-state index < -0.39 is 0 Å². The molecule has 3 N–H and O–H groups in total. The fourth-order valence-electron chi connectivity index (χ4n) is 2.41. The smallest absolute Gasteiger partial charge is 0.227 e. The van der Waals surface area contributed by atoms with E-state index >= 15 is 0 Å². The van der Waals surface area contributed by atoms with Crippen LogP contribution in [0.3, 0.4) is 0 Å². The highest BCUT2D eigenvalue weighted by Gasteiger charge is 2.48. The summed E-state index contributed by atoms with van der Waals surface area (Å²) >= 11 is 0. The summed E-state index contributed by atoms with van der Waals surface area (Å²) in [7, 11) is 0. The highest BCUT2D eigenvalue weighted by Crippen LogP contribution is 2.45. The van der Waals surface area contributed by atoms with Crippen LogP contribution >= 0.6 is 0 Å². The molecule has 0 heterocycles. The minimum absolute atomic E-state index is 0.0436. The first kappa shape index (κ1) is 13.1. The Morgan fingerprint density at radius 3 is 2.61 bits per heavy atom. The van der Waals surface area contributed by atoms with Crippen LogP contribution in [-0.2, 0) is 4.79 Å². The number of carbonyl (C=O) groups is 1. The van der Waals surface area contributed by atoms with Gasteiger partial charge >= 0.3 is 0 Å². The Hall–Kier alpha value is -1.35. The molecule has 1 fully saturated rings. The first-order valence-corrected chi connectivity index (χ1v) is 6.57. The van der Waals surface area contributed by atoms with Gasteiger partial charge in [0.2, 0.25) is 5.91 Å². The monoisotopic (exact) mass is 246 g/mol. The zero-order valence-corrected chi connectivity index (χ0v) is 11.4. The van der Waals surface area contributed by atoms with Gasteiger partial charge in [0.25, 0.3) is 0 Å². The van der Waals surface area contributed by atoms with E-state index in [9.17, 15) is 4.79 Å². The van der Waals surface area contributed by atoms with E-state index in [2.05, 4.69) is 37.4 Å². The predicted octanol–water partition coefficient (Wildman–Crippen LogP) is 2.22. The van der Waals surface area contributed by atoms with Crippen LogP contribution in [0.4, 0.5) is 0 Å². The quantitative estimate of drug-likeness (QED) is 0.856. The number of carbonyl (C=O) groups excluding carboxylic acids is 1. The summed E-state index contributed by atoms with van der Waals surface area (Å²) < 4.78 is 0. The number of benzene rings is 1. The third kappa shape index (κ3) is 2.41. The number of hydrogen-bond donors (Lipinski definition) is 2. The topological polar surface area (TPSA) is 55.1 Å². The van der Waals surface area contributed by atoms with Crippen molar-refractivity contribution in [3.8, 4) is 0 Å². The average molecular weight is 246 g/mol. The van der Waals surface area contributed by atoms with E-state index in [1.807, 2.05) is 6.92 Å². The third-order valence-corrected chi connectivity index (χ3v) is 3.97. The summed E-state index contributed by atoms with van der Waals surface area (Å²) in [5.41, 5.74) is 9.05. The molecule has 1 aromatic rings. The van der Waals surface area contributed by atoms with Gasteiger partial charge in [0.1, 0.15) is 0 Å². The van der Waals surface area contributed by atoms with Crippen molar-refractivity contribution in [3.05, 3.63) is 34.9 Å². The van der Waals surface area contributed by atoms with Crippen LogP contribution in [0.5, 0.6) is 0 Å². The van der Waals surface area contributed by atoms with Crippen molar-refractivity contribution in [1.29, 1.82) is 0 Å². The van der Waals surface area contributed by atoms with Crippen molar-refractivity contribution < 1.29 is 4.79 Å². The fraction of sp³-hybridized carbons (Fsp3) is 0.533. The molecule has 98 valence electrons. The summed E-state index contributed by atoms with van der Waals surface area (Å²) in [6.07, 6.45) is 1.85. The SMILES string of the molecule is Cc1ccc(C(C)NC(=O)C2(CN)CC2)c(C)c1. The lowest BCUT2D eigenvalue weighted by molar-refractivity contribution is -0.126. The lowest BCUT2D eigenvalue weighted by Gasteiger charge is -2.20. The highest BCUT2D eigenvalue weighted by molar-refractivity contribution is 5.85. The van der Waals surface area contributed by atoms with Gasteiger partial charge in [-0.1, -0.05) is 23.8 Å². The molecule has 1 aliphatic rings. The summed E-state index contributed by atoms with van der Waals surface area (Å²) in [6, 6.07) is 6.37. The van der Waals surface area contributed by atoms with E-state index in [4.69, 9.17) is 5.73 Å². The molecule has 0 spiro atoms. The van der Waals surface area contributed by atoms with Crippen molar-refractivity contribution in [2.45, 2.75) is 39.7 Å². The van der Waals surface area contributed by atoms with Crippen LogP contribution < -0.4 is 11.1 Å². The van der Waals surface area contributed by atoms with Crippen LogP contribution in [0.15, 0.2) is 18.2 Å². The van der Waals surface area contributed by atoms with E-state index in [0.29, 0.717) is 6.54 Å². The second-order valence-electron chi connectivity index (χ2n) is 5.54. The zero-order valence-electron chi connectivity index (χ0n) is 11.4. The molecule has 3 nitrogen and oxygen atoms in total. The predicted molar refractivity (Wildman–Crippen MR) is 73.2 cm³/mol. The molecular formula is C15H22N2O. The van der Waals surface area contributed by atoms with Crippen molar-refractivity contribution in [2.24, 2.45) is 11.1 Å². The highest BCUT2D eigenvalue weighted by atomic mass is 16.2. The van der Waals surface area contributed by atoms with E-state index in [1.54, 1.807) is 0 Å². The number of nitrogens with two attached hydrogens (primary N) is 1. The van der Waals surface area contributed by atoms with Crippen LogP contribution in [0.1, 0.15) is 42.5 Å². The van der Waals surface area contributed by atoms with Gasteiger partial charge in [0.15, 0.2) is 0 Å². The van der Waals surface area contributed by atoms with Gasteiger partial charge in [-0.05, 0) is 44.7 Å². The number of aryl methyl sites for hydroxylation is 2. The van der Waals surface area contributed by atoms with Crippen LogP contribution in [0.2, 0.25) is 0 Å². The van der Waals surface area contributed by atoms with Crippen molar-refractivity contribution in [2.75, 3.05) is 6.54 Å². The first-order chi connectivity index (χ1) is 8.48. The van der Waals surface area contributed by atoms with E-state index in [0.717, 1.165) is 12.8 Å². The Kier molecular flexibility index (Phi) is 3.44. The standard InChI is InChI=1S/C15H22N2O/c1-10-4-5-13(11(2)8-10)12(3)17-14(18)15(9-16)6-7-15/h4-5,8,12H,6-7,9,16H2,1-3H3,(H,17,18). The minimum Gasteiger partial charge on any atom is -0.349 e. The van der Waals surface area contributed by atoms with Gasteiger partial charge in [0.05, 0.1) is 11.5 Å². The molecule has 18 heavy (non-hydrogen) atoms. The lowest BCUT2D eigenvalue weighted by atomic mass is 9.99. The molecule has 1 saturated carbocycles. The van der Waals surface area contributed by atoms with Crippen molar-refractivity contribution in [3.63, 3.8) is 0 Å². The molecule has 0 saturated heterocycles. The molecule has 3 heteroatoms. The maximum atomic E-state index is 12.1. The second kappa shape index (κ2) is 4.73. The summed E-state index contributed by atoms with van der Waals surface area (Å²) in [5.74, 6) is 0.109. The number of hydrogen-bond acceptors (Lipinski definition) is 2. The molecule has 0 bridgehead atoms. The van der Waals surface area contributed by atoms with Gasteiger partial charge in [-0.25, -0.2) is 0 Å². The molecule has 0 radical (unpaired) electrons. The maximum absolute atomic E-state index is 12.1. The minimum atomic E-state index is -0.271. The molecule has 0 aliphatic heterocycles. The molecular weight excluding hydrogens is 224 g/mol. The average Bonchev–Trinajstić information content (AvgIpc) is 3.09. The van der Waals surface area contributed by atoms with Gasteiger partial charge in [-0.3, -0.25) is 4.79 Å². The Morgan fingerprint density at radius 1 is 1.44 bits per heavy atom. The van der Waals surface area contributed by atoms with Gasteiger partial charge in [-0.15, -0.1) is 0 Å². The number of amides is 1. The Balaban J connectivity index is 2.08. The molecule has 1 aliphatic carbocycles. The summed E-state index contributed by atoms with van der Waals surface area (Å²) in [4.78, 5) is 12.1. The molecule has 2 rings (SSSR count). The Morgan fingerprint density at radius 2 is 2.11 bits per heavy atom. The van der Waals surface area contributed by atoms with Crippen molar-refractivity contribution >= 4 is 5.91 Å². The zero-order chi connectivity index (χ0) is 13.3. The van der Waals surface area contributed by atoms with Gasteiger partial charge in [-0.2, -0.15) is 0 Å². The van der Waals surface area contributed by atoms with Crippen LogP contribution in [-0.4, -0.2) is 12.5 Å². The van der Waals surface area contributed by atoms with E-state index in [-0.39, 0.29) is 17.4 Å². The summed E-state index contributed by atoms with van der Waals surface area (Å²) in [5, 5.41) is 3.09. The Bertz CT molecular complexity index is 464. The van der Waals surface area contributed by atoms with Gasteiger partial charge < -0.3 is 11.1 Å². The lowest BCUT2D eigenvalue weighted by Crippen LogP contribution is -2.38. The molecule has 1 amide bonds. The molecule has 0 aromatic heterocycles. The Labute approximate surface area is 109 Å². The molecule has 1 unspecified atom stereocenters. The molecule has 1 atom stereocenters. The van der Waals surface area contributed by atoms with Crippen LogP contribution in [0.25, 0.3) is 0 Å². The number of rotatable bonds is 4. The van der Waals surface area contributed by atoms with Crippen LogP contribution in [0, 0.1) is 19.3 Å². The van der Waals surface area contributed by atoms with Crippen molar-refractivity contribution in [1.82, 2.24) is 5.32 Å².